The zero-order chi connectivity index (χ0) is 10.1. The van der Waals surface area contributed by atoms with E-state index in [0.717, 1.165) is 6.42 Å². The molecule has 1 heterocycles. The molecule has 13 heavy (non-hydrogen) atoms. The molecule has 0 aromatic rings. The first kappa shape index (κ1) is 9.84. The average Bonchev–Trinajstić information content (AvgIpc) is 2.30. The molecule has 0 bridgehead atoms. The number of rotatable bonds is 2. The van der Waals surface area contributed by atoms with Crippen LogP contribution >= 0.6 is 0 Å². The fourth-order valence-corrected chi connectivity index (χ4v) is 1.13. The zero-order valence-electron chi connectivity index (χ0n) is 8.05. The van der Waals surface area contributed by atoms with Gasteiger partial charge in [-0.1, -0.05) is 13.2 Å². The van der Waals surface area contributed by atoms with Gasteiger partial charge in [-0.05, 0) is 6.92 Å². The maximum absolute atomic E-state index is 11.2. The van der Waals surface area contributed by atoms with Gasteiger partial charge in [0.25, 0.3) is 5.79 Å². The molecule has 1 aliphatic rings. The van der Waals surface area contributed by atoms with Gasteiger partial charge in [0.05, 0.1) is 5.76 Å². The van der Waals surface area contributed by atoms with Crippen LogP contribution in [0.2, 0.25) is 0 Å². The minimum atomic E-state index is -0.840. The van der Waals surface area contributed by atoms with E-state index in [1.165, 1.54) is 0 Å². The van der Waals surface area contributed by atoms with Crippen LogP contribution in [0.5, 0.6) is 0 Å². The molecule has 0 aromatic carbocycles. The molecule has 0 saturated carbocycles. The molecule has 1 unspecified atom stereocenters. The van der Waals surface area contributed by atoms with Gasteiger partial charge in [0.15, 0.2) is 0 Å². The highest BCUT2D eigenvalue weighted by Gasteiger charge is 2.36. The van der Waals surface area contributed by atoms with E-state index < -0.39 is 11.8 Å². The van der Waals surface area contributed by atoms with Gasteiger partial charge in [-0.25, -0.2) is 4.79 Å². The van der Waals surface area contributed by atoms with Gasteiger partial charge in [-0.3, -0.25) is 0 Å². The summed E-state index contributed by atoms with van der Waals surface area (Å²) in [6.45, 7) is 10.5. The highest BCUT2D eigenvalue weighted by Crippen LogP contribution is 2.32. The van der Waals surface area contributed by atoms with E-state index in [9.17, 15) is 4.79 Å². The van der Waals surface area contributed by atoms with Gasteiger partial charge < -0.3 is 9.47 Å². The van der Waals surface area contributed by atoms with Crippen molar-refractivity contribution in [1.29, 1.82) is 0 Å². The largest absolute Gasteiger partial charge is 0.457 e. The first-order chi connectivity index (χ1) is 5.93. The van der Waals surface area contributed by atoms with Crippen molar-refractivity contribution in [2.45, 2.75) is 32.5 Å². The van der Waals surface area contributed by atoms with Crippen LogP contribution in [0.3, 0.4) is 0 Å². The van der Waals surface area contributed by atoms with Crippen LogP contribution in [-0.2, 0) is 14.3 Å². The molecule has 0 radical (unpaired) electrons. The molecule has 1 aliphatic heterocycles. The third-order valence-electron chi connectivity index (χ3n) is 1.88. The van der Waals surface area contributed by atoms with Crippen LogP contribution in [0.4, 0.5) is 0 Å². The maximum Gasteiger partial charge on any atom is 0.336 e. The first-order valence-electron chi connectivity index (χ1n) is 4.18. The zero-order valence-corrected chi connectivity index (χ0v) is 8.05. The Hall–Kier alpha value is -1.25. The predicted octanol–water partition coefficient (Wildman–Crippen LogP) is 2.15. The standard InChI is InChI=1S/C10H14O3/c1-7(2)9(11)13-10(4)6-5-8(3)12-10/h1,3,5-6H2,2,4H3. The second-order valence-corrected chi connectivity index (χ2v) is 3.44. The lowest BCUT2D eigenvalue weighted by molar-refractivity contribution is -0.193. The molecule has 0 aromatic heterocycles. The molecule has 72 valence electrons. The summed E-state index contributed by atoms with van der Waals surface area (Å²) in [5.41, 5.74) is 0.377. The molecule has 3 nitrogen and oxygen atoms in total. The number of hydrogen-bond donors (Lipinski definition) is 0. The Labute approximate surface area is 78.0 Å². The third-order valence-corrected chi connectivity index (χ3v) is 1.88. The minimum absolute atomic E-state index is 0.377. The highest BCUT2D eigenvalue weighted by molar-refractivity contribution is 5.87. The van der Waals surface area contributed by atoms with Crippen LogP contribution in [0.1, 0.15) is 26.7 Å². The molecule has 0 aliphatic carbocycles. The van der Waals surface area contributed by atoms with Gasteiger partial charge in [0.1, 0.15) is 0 Å². The second-order valence-electron chi connectivity index (χ2n) is 3.44. The lowest BCUT2D eigenvalue weighted by Gasteiger charge is -2.23. The summed E-state index contributed by atoms with van der Waals surface area (Å²) in [7, 11) is 0. The summed E-state index contributed by atoms with van der Waals surface area (Å²) in [6.07, 6.45) is 1.39. The van der Waals surface area contributed by atoms with Gasteiger partial charge >= 0.3 is 5.97 Å². The van der Waals surface area contributed by atoms with Crippen molar-refractivity contribution in [3.63, 3.8) is 0 Å². The maximum atomic E-state index is 11.2. The van der Waals surface area contributed by atoms with Gasteiger partial charge in [0, 0.05) is 25.3 Å². The Balaban J connectivity index is 2.58. The number of hydrogen-bond acceptors (Lipinski definition) is 3. The lowest BCUT2D eigenvalue weighted by atomic mass is 10.2. The predicted molar refractivity (Wildman–Crippen MR) is 48.8 cm³/mol. The average molecular weight is 182 g/mol. The van der Waals surface area contributed by atoms with E-state index >= 15 is 0 Å². The number of esters is 1. The second kappa shape index (κ2) is 3.24. The van der Waals surface area contributed by atoms with E-state index in [0.29, 0.717) is 17.8 Å². The fraction of sp³-hybridized carbons (Fsp3) is 0.500. The van der Waals surface area contributed by atoms with Crippen molar-refractivity contribution in [1.82, 2.24) is 0 Å². The Morgan fingerprint density at radius 2 is 2.31 bits per heavy atom. The minimum Gasteiger partial charge on any atom is -0.457 e. The summed E-state index contributed by atoms with van der Waals surface area (Å²) >= 11 is 0. The third kappa shape index (κ3) is 2.34. The summed E-state index contributed by atoms with van der Waals surface area (Å²) in [5, 5.41) is 0. The Morgan fingerprint density at radius 1 is 1.69 bits per heavy atom. The van der Waals surface area contributed by atoms with Crippen molar-refractivity contribution in [3.05, 3.63) is 24.5 Å². The number of carbonyl (C=O) groups excluding carboxylic acids is 1. The van der Waals surface area contributed by atoms with Crippen molar-refractivity contribution in [2.75, 3.05) is 0 Å². The molecule has 1 fully saturated rings. The normalized spacial score (nSPS) is 26.8. The molecular formula is C10H14O3. The van der Waals surface area contributed by atoms with Crippen LogP contribution in [-0.4, -0.2) is 11.8 Å². The van der Waals surface area contributed by atoms with E-state index in [-0.39, 0.29) is 0 Å². The van der Waals surface area contributed by atoms with Crippen LogP contribution in [0.25, 0.3) is 0 Å². The number of carbonyl (C=O) groups is 1. The van der Waals surface area contributed by atoms with Crippen LogP contribution in [0.15, 0.2) is 24.5 Å². The van der Waals surface area contributed by atoms with Crippen LogP contribution in [0, 0.1) is 0 Å². The van der Waals surface area contributed by atoms with Gasteiger partial charge in [-0.2, -0.15) is 0 Å². The smallest absolute Gasteiger partial charge is 0.336 e. The molecule has 1 rings (SSSR count). The summed E-state index contributed by atoms with van der Waals surface area (Å²) in [6, 6.07) is 0. The molecule has 0 N–H and O–H groups in total. The Bertz CT molecular complexity index is 267. The highest BCUT2D eigenvalue weighted by atomic mass is 16.7. The van der Waals surface area contributed by atoms with Gasteiger partial charge in [-0.15, -0.1) is 0 Å². The lowest BCUT2D eigenvalue weighted by Crippen LogP contribution is -2.30. The van der Waals surface area contributed by atoms with Crippen LogP contribution < -0.4 is 0 Å². The van der Waals surface area contributed by atoms with Crippen molar-refractivity contribution < 1.29 is 14.3 Å². The fourth-order valence-electron chi connectivity index (χ4n) is 1.13. The first-order valence-corrected chi connectivity index (χ1v) is 4.18. The molecule has 1 saturated heterocycles. The molecular weight excluding hydrogens is 168 g/mol. The van der Waals surface area contributed by atoms with Crippen molar-refractivity contribution in [3.8, 4) is 0 Å². The Kier molecular flexibility index (Phi) is 2.45. The Morgan fingerprint density at radius 3 is 2.69 bits per heavy atom. The SMILES string of the molecule is C=C1CCC(C)(OC(=O)C(=C)C)O1. The topological polar surface area (TPSA) is 35.5 Å². The van der Waals surface area contributed by atoms with E-state index in [4.69, 9.17) is 9.47 Å². The summed E-state index contributed by atoms with van der Waals surface area (Å²) < 4.78 is 10.4. The number of allylic oxidation sites excluding steroid dienone is 1. The molecule has 0 amide bonds. The van der Waals surface area contributed by atoms with Gasteiger partial charge in [0.2, 0.25) is 0 Å². The van der Waals surface area contributed by atoms with E-state index in [2.05, 4.69) is 13.2 Å². The number of ether oxygens (including phenoxy) is 2. The molecule has 3 heteroatoms. The summed E-state index contributed by atoms with van der Waals surface area (Å²) in [5.74, 6) is -0.596. The van der Waals surface area contributed by atoms with Crippen molar-refractivity contribution in [2.24, 2.45) is 0 Å². The molecule has 1 atom stereocenters. The van der Waals surface area contributed by atoms with E-state index in [1.807, 2.05) is 0 Å². The molecule has 0 spiro atoms. The van der Waals surface area contributed by atoms with Crippen molar-refractivity contribution >= 4 is 5.97 Å². The summed E-state index contributed by atoms with van der Waals surface area (Å²) in [4.78, 5) is 11.2. The monoisotopic (exact) mass is 182 g/mol. The van der Waals surface area contributed by atoms with E-state index in [1.54, 1.807) is 13.8 Å². The quantitative estimate of drug-likeness (QED) is 0.485.